The highest BCUT2D eigenvalue weighted by atomic mass is 35.5. The van der Waals surface area contributed by atoms with E-state index in [4.69, 9.17) is 36.0 Å². The van der Waals surface area contributed by atoms with E-state index in [1.807, 2.05) is 47.6 Å². The molecule has 0 saturated heterocycles. The predicted molar refractivity (Wildman–Crippen MR) is 221 cm³/mol. The summed E-state index contributed by atoms with van der Waals surface area (Å²) in [4.78, 5) is 26.5. The molecule has 0 spiro atoms. The van der Waals surface area contributed by atoms with Gasteiger partial charge in [0.05, 0.1) is 36.1 Å². The number of rotatable bonds is 15. The molecular formula is C42H44ClN5O5S2. The molecule has 10 nitrogen and oxygen atoms in total. The van der Waals surface area contributed by atoms with Crippen LogP contribution in [0.1, 0.15) is 58.1 Å². The molecule has 1 aliphatic rings. The Hall–Kier alpha value is -4.65. The number of esters is 2. The number of thioether (sulfide) groups is 2. The molecule has 0 amide bonds. The fourth-order valence-corrected chi connectivity index (χ4v) is 9.58. The molecule has 6 aromatic rings. The van der Waals surface area contributed by atoms with Crippen LogP contribution in [-0.2, 0) is 65.0 Å². The minimum Gasteiger partial charge on any atom is -0.489 e. The summed E-state index contributed by atoms with van der Waals surface area (Å²) in [6.07, 6.45) is 5.21. The molecule has 55 heavy (non-hydrogen) atoms. The summed E-state index contributed by atoms with van der Waals surface area (Å²) >= 11 is 10.6. The molecule has 0 N–H and O–H groups in total. The van der Waals surface area contributed by atoms with Crippen LogP contribution >= 0.6 is 35.1 Å². The average Bonchev–Trinajstić information content (AvgIpc) is 3.84. The van der Waals surface area contributed by atoms with E-state index in [0.29, 0.717) is 35.2 Å². The Kier molecular flexibility index (Phi) is 11.9. The molecular weight excluding hydrogens is 754 g/mol. The fraction of sp³-hybridized carbons (Fsp3) is 0.333. The van der Waals surface area contributed by atoms with Gasteiger partial charge in [-0.3, -0.25) is 14.2 Å². The van der Waals surface area contributed by atoms with Crippen molar-refractivity contribution in [2.24, 2.45) is 14.1 Å². The van der Waals surface area contributed by atoms with Crippen molar-refractivity contribution in [2.45, 2.75) is 60.8 Å². The highest BCUT2D eigenvalue weighted by Crippen LogP contribution is 2.44. The van der Waals surface area contributed by atoms with Crippen LogP contribution in [0.4, 0.5) is 0 Å². The van der Waals surface area contributed by atoms with Gasteiger partial charge in [-0.15, -0.1) is 23.5 Å². The summed E-state index contributed by atoms with van der Waals surface area (Å²) < 4.78 is 22.1. The third-order valence-electron chi connectivity index (χ3n) is 10.1. The molecule has 0 fully saturated rings. The lowest BCUT2D eigenvalue weighted by Crippen LogP contribution is -2.12. The second-order valence-electron chi connectivity index (χ2n) is 13.5. The number of hydrogen-bond acceptors (Lipinski definition) is 9. The predicted octanol–water partition coefficient (Wildman–Crippen LogP) is 9.10. The molecule has 0 unspecified atom stereocenters. The molecule has 0 saturated carbocycles. The Balaban J connectivity index is 1.15. The largest absolute Gasteiger partial charge is 0.489 e. The number of fused-ring (bicyclic) bond motifs is 3. The van der Waals surface area contributed by atoms with E-state index in [-0.39, 0.29) is 12.4 Å². The Morgan fingerprint density at radius 2 is 1.80 bits per heavy atom. The molecule has 0 atom stereocenters. The van der Waals surface area contributed by atoms with Crippen LogP contribution in [0.15, 0.2) is 72.1 Å². The van der Waals surface area contributed by atoms with Gasteiger partial charge < -0.3 is 18.8 Å². The molecule has 3 aromatic heterocycles. The van der Waals surface area contributed by atoms with Crippen molar-refractivity contribution in [3.8, 4) is 16.9 Å². The zero-order valence-electron chi connectivity index (χ0n) is 31.5. The molecule has 0 bridgehead atoms. The first kappa shape index (κ1) is 38.6. The SMILES string of the molecule is C=CCOc1cc(SCc2cc(CSCc3nn4c(c3-c3c(Cl)ccc5c(CCC(=O)OC)c(C(=O)OC)n(C)c35)CCCC4)nn2C)cc2ccccc12. The van der Waals surface area contributed by atoms with Gasteiger partial charge in [0, 0.05) is 82.5 Å². The highest BCUT2D eigenvalue weighted by molar-refractivity contribution is 7.98. The van der Waals surface area contributed by atoms with Gasteiger partial charge >= 0.3 is 11.9 Å². The summed E-state index contributed by atoms with van der Waals surface area (Å²) in [5.41, 5.74) is 8.04. The lowest BCUT2D eigenvalue weighted by atomic mass is 9.95. The Morgan fingerprint density at radius 3 is 2.60 bits per heavy atom. The van der Waals surface area contributed by atoms with Crippen LogP contribution in [0.25, 0.3) is 32.8 Å². The van der Waals surface area contributed by atoms with Gasteiger partial charge in [0.2, 0.25) is 0 Å². The number of carbonyl (C=O) groups is 2. The number of halogens is 1. The first-order valence-electron chi connectivity index (χ1n) is 18.2. The van der Waals surface area contributed by atoms with Crippen LogP contribution in [0.5, 0.6) is 5.75 Å². The summed E-state index contributed by atoms with van der Waals surface area (Å²) in [5.74, 6) is 2.16. The van der Waals surface area contributed by atoms with Gasteiger partial charge in [0.1, 0.15) is 18.1 Å². The summed E-state index contributed by atoms with van der Waals surface area (Å²) in [6.45, 7) is 5.09. The summed E-state index contributed by atoms with van der Waals surface area (Å²) in [7, 11) is 6.58. The number of carbonyl (C=O) groups excluding carboxylic acids is 2. The number of hydrogen-bond donors (Lipinski definition) is 0. The molecule has 13 heteroatoms. The maximum absolute atomic E-state index is 13.2. The smallest absolute Gasteiger partial charge is 0.354 e. The van der Waals surface area contributed by atoms with E-state index in [1.54, 1.807) is 29.6 Å². The van der Waals surface area contributed by atoms with Crippen LogP contribution in [-0.4, -0.2) is 56.9 Å². The zero-order chi connectivity index (χ0) is 38.6. The number of nitrogens with zero attached hydrogens (tertiary/aromatic N) is 5. The minimum absolute atomic E-state index is 0.131. The summed E-state index contributed by atoms with van der Waals surface area (Å²) in [6, 6.07) is 18.6. The lowest BCUT2D eigenvalue weighted by molar-refractivity contribution is -0.140. The first-order valence-corrected chi connectivity index (χ1v) is 20.8. The highest BCUT2D eigenvalue weighted by Gasteiger charge is 2.30. The molecule has 286 valence electrons. The van der Waals surface area contributed by atoms with Gasteiger partial charge in [-0.2, -0.15) is 10.2 Å². The summed E-state index contributed by atoms with van der Waals surface area (Å²) in [5, 5.41) is 13.7. The van der Waals surface area contributed by atoms with E-state index in [9.17, 15) is 9.59 Å². The topological polar surface area (TPSA) is 102 Å². The Morgan fingerprint density at radius 1 is 0.964 bits per heavy atom. The van der Waals surface area contributed by atoms with Crippen molar-refractivity contribution in [3.63, 3.8) is 0 Å². The van der Waals surface area contributed by atoms with Crippen LogP contribution in [0, 0.1) is 0 Å². The van der Waals surface area contributed by atoms with E-state index in [2.05, 4.69) is 41.6 Å². The maximum Gasteiger partial charge on any atom is 0.354 e. The van der Waals surface area contributed by atoms with Crippen molar-refractivity contribution in [1.82, 2.24) is 24.1 Å². The van der Waals surface area contributed by atoms with Gasteiger partial charge in [-0.05, 0) is 60.9 Å². The van der Waals surface area contributed by atoms with Crippen LogP contribution in [0.2, 0.25) is 5.02 Å². The standard InChI is InChI=1S/C42H44ClN5O5S2/c1-6-19-53-36-22-29(20-26-11-7-8-12-30(26)36)55-24-28-21-27(44-47(28)3)23-54-25-34-39(35-13-9-10-18-48(35)45-34)38-33(43)16-14-31-32(15-17-37(49)51-4)41(42(50)52-5)46(2)40(31)38/h6-8,11-12,14,16,20-22H,1,9-10,13,15,17-19,23-25H2,2-5H3. The van der Waals surface area contributed by atoms with Crippen molar-refractivity contribution >= 4 is 68.7 Å². The van der Waals surface area contributed by atoms with Gasteiger partial charge in [-0.25, -0.2) is 4.79 Å². The van der Waals surface area contributed by atoms with Gasteiger partial charge in [-0.1, -0.05) is 54.6 Å². The van der Waals surface area contributed by atoms with Crippen molar-refractivity contribution in [2.75, 3.05) is 20.8 Å². The van der Waals surface area contributed by atoms with Gasteiger partial charge in [0.25, 0.3) is 0 Å². The third-order valence-corrected chi connectivity index (χ3v) is 12.4. The first-order chi connectivity index (χ1) is 26.7. The quantitative estimate of drug-likeness (QED) is 0.0572. The zero-order valence-corrected chi connectivity index (χ0v) is 33.9. The monoisotopic (exact) mass is 797 g/mol. The van der Waals surface area contributed by atoms with E-state index >= 15 is 0 Å². The van der Waals surface area contributed by atoms with Crippen LogP contribution in [0.3, 0.4) is 0 Å². The van der Waals surface area contributed by atoms with E-state index in [1.165, 1.54) is 14.2 Å². The molecule has 4 heterocycles. The maximum atomic E-state index is 13.2. The number of ether oxygens (including phenoxy) is 3. The number of aromatic nitrogens is 5. The second-order valence-corrected chi connectivity index (χ2v) is 15.9. The fourth-order valence-electron chi connectivity index (χ4n) is 7.50. The van der Waals surface area contributed by atoms with E-state index in [0.717, 1.165) is 103 Å². The molecule has 0 radical (unpaired) electrons. The van der Waals surface area contributed by atoms with Crippen molar-refractivity contribution in [3.05, 3.63) is 106 Å². The second kappa shape index (κ2) is 17.0. The Bertz CT molecular complexity index is 2410. The van der Waals surface area contributed by atoms with Crippen molar-refractivity contribution < 1.29 is 23.8 Å². The Labute approximate surface area is 334 Å². The van der Waals surface area contributed by atoms with Gasteiger partial charge in [0.15, 0.2) is 0 Å². The normalized spacial score (nSPS) is 12.6. The number of aryl methyl sites for hydroxylation is 4. The number of methoxy groups -OCH3 is 2. The number of benzene rings is 3. The third kappa shape index (κ3) is 7.90. The van der Waals surface area contributed by atoms with Crippen molar-refractivity contribution in [1.29, 1.82) is 0 Å². The molecule has 0 aliphatic carbocycles. The molecule has 3 aromatic carbocycles. The average molecular weight is 798 g/mol. The lowest BCUT2D eigenvalue weighted by Gasteiger charge is -2.16. The molecule has 1 aliphatic heterocycles. The van der Waals surface area contributed by atoms with E-state index < -0.39 is 5.97 Å². The van der Waals surface area contributed by atoms with Crippen LogP contribution < -0.4 is 4.74 Å². The molecule has 7 rings (SSSR count). The minimum atomic E-state index is -0.471.